The van der Waals surface area contributed by atoms with Crippen LogP contribution in [0.3, 0.4) is 0 Å². The van der Waals surface area contributed by atoms with Crippen molar-refractivity contribution in [1.29, 1.82) is 0 Å². The molecule has 3 saturated heterocycles. The van der Waals surface area contributed by atoms with Crippen molar-refractivity contribution in [3.05, 3.63) is 29.8 Å². The van der Waals surface area contributed by atoms with E-state index in [9.17, 15) is 22.8 Å². The summed E-state index contributed by atoms with van der Waals surface area (Å²) in [5.74, 6) is 0.149. The Morgan fingerprint density at radius 2 is 1.87 bits per heavy atom. The van der Waals surface area contributed by atoms with Gasteiger partial charge in [-0.25, -0.2) is 4.79 Å². The predicted molar refractivity (Wildman–Crippen MR) is 102 cm³/mol. The molecular formula is C20H26F3N3O4. The summed E-state index contributed by atoms with van der Waals surface area (Å²) < 4.78 is 46.8. The average molecular weight is 429 g/mol. The van der Waals surface area contributed by atoms with Crippen LogP contribution in [0.15, 0.2) is 24.3 Å². The van der Waals surface area contributed by atoms with Crippen LogP contribution in [-0.2, 0) is 9.53 Å². The molecule has 2 atom stereocenters. The molecule has 1 N–H and O–H groups in total. The fourth-order valence-corrected chi connectivity index (χ4v) is 3.92. The SMILES string of the molecule is C.O=C1CO[C@H]2CCN(C(=O)N3CC(c4ccc(OCC(F)(F)F)cc4)C3)C[C@H]2N1. The maximum atomic E-state index is 12.7. The minimum absolute atomic E-state index is 0. The molecule has 166 valence electrons. The molecule has 7 nitrogen and oxygen atoms in total. The van der Waals surface area contributed by atoms with E-state index in [1.165, 1.54) is 12.1 Å². The zero-order valence-corrected chi connectivity index (χ0v) is 15.7. The van der Waals surface area contributed by atoms with Crippen molar-refractivity contribution in [2.75, 3.05) is 39.4 Å². The monoisotopic (exact) mass is 429 g/mol. The van der Waals surface area contributed by atoms with Gasteiger partial charge in [-0.3, -0.25) is 4.79 Å². The van der Waals surface area contributed by atoms with Crippen LogP contribution in [0.2, 0.25) is 0 Å². The predicted octanol–water partition coefficient (Wildman–Crippen LogP) is 2.37. The topological polar surface area (TPSA) is 71.1 Å². The van der Waals surface area contributed by atoms with Gasteiger partial charge in [0.05, 0.1) is 12.1 Å². The standard InChI is InChI=1S/C19H22F3N3O4.CH4/c20-19(21,22)11-29-14-3-1-12(2-4-14)13-7-25(8-13)18(27)24-6-5-16-15(9-24)23-17(26)10-28-16;/h1-4,13,15-16H,5-11H2,(H,23,26);1H4/t15-,16+;/m1./s1. The molecule has 1 aromatic carbocycles. The number of nitrogens with zero attached hydrogens (tertiary/aromatic N) is 2. The molecule has 3 aliphatic heterocycles. The van der Waals surface area contributed by atoms with E-state index in [0.29, 0.717) is 32.6 Å². The summed E-state index contributed by atoms with van der Waals surface area (Å²) in [5.41, 5.74) is 0.958. The first kappa shape index (κ1) is 22.2. The number of hydrogen-bond donors (Lipinski definition) is 1. The summed E-state index contributed by atoms with van der Waals surface area (Å²) in [7, 11) is 0. The second kappa shape index (κ2) is 8.71. The second-order valence-corrected chi connectivity index (χ2v) is 7.62. The van der Waals surface area contributed by atoms with Gasteiger partial charge >= 0.3 is 12.2 Å². The molecule has 3 aliphatic rings. The van der Waals surface area contributed by atoms with Gasteiger partial charge in [-0.15, -0.1) is 0 Å². The fourth-order valence-electron chi connectivity index (χ4n) is 3.92. The van der Waals surface area contributed by atoms with Gasteiger partial charge in [-0.1, -0.05) is 19.6 Å². The molecule has 0 spiro atoms. The van der Waals surface area contributed by atoms with Gasteiger partial charge in [0.2, 0.25) is 5.91 Å². The number of carbonyl (C=O) groups is 2. The van der Waals surface area contributed by atoms with E-state index in [4.69, 9.17) is 9.47 Å². The highest BCUT2D eigenvalue weighted by Crippen LogP contribution is 2.30. The van der Waals surface area contributed by atoms with Gasteiger partial charge in [0.15, 0.2) is 6.61 Å². The number of halogens is 3. The summed E-state index contributed by atoms with van der Waals surface area (Å²) >= 11 is 0. The lowest BCUT2D eigenvalue weighted by Gasteiger charge is -2.46. The number of likely N-dealkylation sites (tertiary alicyclic amines) is 2. The van der Waals surface area contributed by atoms with E-state index in [1.54, 1.807) is 21.9 Å². The lowest BCUT2D eigenvalue weighted by Crippen LogP contribution is -2.63. The molecule has 0 unspecified atom stereocenters. The Morgan fingerprint density at radius 1 is 1.17 bits per heavy atom. The number of carbonyl (C=O) groups excluding carboxylic acids is 2. The minimum Gasteiger partial charge on any atom is -0.484 e. The lowest BCUT2D eigenvalue weighted by molar-refractivity contribution is -0.153. The zero-order valence-electron chi connectivity index (χ0n) is 15.7. The molecule has 0 aromatic heterocycles. The molecule has 1 aromatic rings. The van der Waals surface area contributed by atoms with Crippen LogP contribution in [0.25, 0.3) is 0 Å². The quantitative estimate of drug-likeness (QED) is 0.801. The summed E-state index contributed by atoms with van der Waals surface area (Å²) in [6.07, 6.45) is -3.72. The number of fused-ring (bicyclic) bond motifs is 1. The summed E-state index contributed by atoms with van der Waals surface area (Å²) in [6, 6.07) is 6.27. The fraction of sp³-hybridized carbons (Fsp3) is 0.600. The number of ether oxygens (including phenoxy) is 2. The number of alkyl halides is 3. The second-order valence-electron chi connectivity index (χ2n) is 7.62. The Hall–Kier alpha value is -2.49. The van der Waals surface area contributed by atoms with Crippen molar-refractivity contribution in [3.8, 4) is 5.75 Å². The highest BCUT2D eigenvalue weighted by Gasteiger charge is 2.40. The number of benzene rings is 1. The number of urea groups is 1. The van der Waals surface area contributed by atoms with Crippen LogP contribution in [0.5, 0.6) is 5.75 Å². The van der Waals surface area contributed by atoms with Crippen molar-refractivity contribution in [2.24, 2.45) is 0 Å². The van der Waals surface area contributed by atoms with E-state index < -0.39 is 12.8 Å². The summed E-state index contributed by atoms with van der Waals surface area (Å²) in [6.45, 7) is 0.873. The van der Waals surface area contributed by atoms with Crippen LogP contribution in [0, 0.1) is 0 Å². The number of amides is 3. The van der Waals surface area contributed by atoms with Gasteiger partial charge < -0.3 is 24.6 Å². The highest BCUT2D eigenvalue weighted by atomic mass is 19.4. The molecule has 4 rings (SSSR count). The third-order valence-corrected chi connectivity index (χ3v) is 5.50. The molecule has 0 bridgehead atoms. The average Bonchev–Trinajstić information content (AvgIpc) is 2.65. The van der Waals surface area contributed by atoms with E-state index in [-0.39, 0.29) is 49.8 Å². The zero-order chi connectivity index (χ0) is 20.6. The number of nitrogens with one attached hydrogen (secondary N) is 1. The molecule has 3 fully saturated rings. The largest absolute Gasteiger partial charge is 0.484 e. The van der Waals surface area contributed by atoms with Crippen molar-refractivity contribution >= 4 is 11.9 Å². The maximum Gasteiger partial charge on any atom is 0.422 e. The van der Waals surface area contributed by atoms with Gasteiger partial charge in [0.1, 0.15) is 12.4 Å². The molecule has 0 radical (unpaired) electrons. The Morgan fingerprint density at radius 3 is 2.53 bits per heavy atom. The highest BCUT2D eigenvalue weighted by molar-refractivity contribution is 5.79. The molecule has 0 saturated carbocycles. The maximum absolute atomic E-state index is 12.7. The normalized spacial score (nSPS) is 24.3. The molecule has 10 heteroatoms. The Balaban J connectivity index is 0.00000256. The van der Waals surface area contributed by atoms with E-state index in [2.05, 4.69) is 5.32 Å². The van der Waals surface area contributed by atoms with Crippen molar-refractivity contribution < 1.29 is 32.2 Å². The first-order chi connectivity index (χ1) is 13.8. The van der Waals surface area contributed by atoms with Gasteiger partial charge in [-0.2, -0.15) is 13.2 Å². The molecule has 3 heterocycles. The van der Waals surface area contributed by atoms with Crippen LogP contribution in [0.4, 0.5) is 18.0 Å². The number of piperidine rings is 1. The number of morpholine rings is 1. The van der Waals surface area contributed by atoms with E-state index in [1.807, 2.05) is 0 Å². The first-order valence-electron chi connectivity index (χ1n) is 9.53. The van der Waals surface area contributed by atoms with Gasteiger partial charge in [0, 0.05) is 32.1 Å². The molecular weight excluding hydrogens is 403 g/mol. The van der Waals surface area contributed by atoms with Gasteiger partial charge in [0.25, 0.3) is 0 Å². The van der Waals surface area contributed by atoms with Crippen molar-refractivity contribution in [3.63, 3.8) is 0 Å². The molecule has 0 aliphatic carbocycles. The third kappa shape index (κ3) is 4.97. The van der Waals surface area contributed by atoms with Crippen molar-refractivity contribution in [2.45, 2.75) is 38.1 Å². The Kier molecular flexibility index (Phi) is 6.44. The smallest absolute Gasteiger partial charge is 0.422 e. The van der Waals surface area contributed by atoms with Crippen LogP contribution >= 0.6 is 0 Å². The Bertz CT molecular complexity index is 766. The minimum atomic E-state index is -4.37. The van der Waals surface area contributed by atoms with Crippen LogP contribution < -0.4 is 10.1 Å². The third-order valence-electron chi connectivity index (χ3n) is 5.50. The van der Waals surface area contributed by atoms with Crippen molar-refractivity contribution in [1.82, 2.24) is 15.1 Å². The Labute approximate surface area is 173 Å². The van der Waals surface area contributed by atoms with E-state index in [0.717, 1.165) is 5.56 Å². The summed E-state index contributed by atoms with van der Waals surface area (Å²) in [5, 5.41) is 2.88. The molecule has 3 amide bonds. The number of rotatable bonds is 3. The number of hydrogen-bond acceptors (Lipinski definition) is 4. The first-order valence-corrected chi connectivity index (χ1v) is 9.53. The van der Waals surface area contributed by atoms with Crippen LogP contribution in [0.1, 0.15) is 25.3 Å². The molecule has 30 heavy (non-hydrogen) atoms. The van der Waals surface area contributed by atoms with E-state index >= 15 is 0 Å². The van der Waals surface area contributed by atoms with Gasteiger partial charge in [-0.05, 0) is 24.1 Å². The lowest BCUT2D eigenvalue weighted by atomic mass is 9.91. The summed E-state index contributed by atoms with van der Waals surface area (Å²) in [4.78, 5) is 27.7. The van der Waals surface area contributed by atoms with Crippen LogP contribution in [-0.4, -0.2) is 79.5 Å².